The van der Waals surface area contributed by atoms with Crippen molar-refractivity contribution in [2.45, 2.75) is 57.7 Å². The number of nitrogens with zero attached hydrogens (tertiary/aromatic N) is 2. The topological polar surface area (TPSA) is 72.9 Å². The molecule has 26 heavy (non-hydrogen) atoms. The number of amides is 2. The molecule has 0 aromatic heterocycles. The first-order valence-electron chi connectivity index (χ1n) is 9.47. The lowest BCUT2D eigenvalue weighted by atomic mass is 9.85. The van der Waals surface area contributed by atoms with E-state index in [-0.39, 0.29) is 30.7 Å². The summed E-state index contributed by atoms with van der Waals surface area (Å²) in [6.07, 6.45) is 3.37. The maximum absolute atomic E-state index is 12.6. The molecule has 0 spiro atoms. The number of urea groups is 1. The third kappa shape index (κ3) is 5.46. The summed E-state index contributed by atoms with van der Waals surface area (Å²) in [6, 6.07) is 10.7. The van der Waals surface area contributed by atoms with E-state index < -0.39 is 5.97 Å². The van der Waals surface area contributed by atoms with Gasteiger partial charge in [-0.05, 0) is 37.8 Å². The van der Waals surface area contributed by atoms with Gasteiger partial charge in [-0.1, -0.05) is 44.2 Å². The second-order valence-electron chi connectivity index (χ2n) is 7.09. The summed E-state index contributed by atoms with van der Waals surface area (Å²) in [5.41, 5.74) is 1.23. The highest BCUT2D eigenvalue weighted by Gasteiger charge is 2.35. The highest BCUT2D eigenvalue weighted by atomic mass is 16.4. The first kappa shape index (κ1) is 20.2. The van der Waals surface area contributed by atoms with E-state index in [2.05, 4.69) is 24.4 Å². The molecule has 0 saturated heterocycles. The summed E-state index contributed by atoms with van der Waals surface area (Å²) < 4.78 is 0. The van der Waals surface area contributed by atoms with Crippen LogP contribution in [-0.2, 0) is 11.2 Å². The number of nitrogens with one attached hydrogen (secondary N) is 1. The van der Waals surface area contributed by atoms with Crippen molar-refractivity contribution in [2.24, 2.45) is 0 Å². The van der Waals surface area contributed by atoms with Crippen LogP contribution in [0, 0.1) is 0 Å². The van der Waals surface area contributed by atoms with Crippen molar-refractivity contribution in [1.29, 1.82) is 0 Å². The lowest BCUT2D eigenvalue weighted by molar-refractivity contribution is -0.139. The molecule has 0 heterocycles. The zero-order valence-electron chi connectivity index (χ0n) is 16.0. The summed E-state index contributed by atoms with van der Waals surface area (Å²) in [5, 5.41) is 12.1. The molecule has 1 atom stereocenters. The molecule has 2 N–H and O–H groups in total. The van der Waals surface area contributed by atoms with Gasteiger partial charge >= 0.3 is 12.0 Å². The van der Waals surface area contributed by atoms with Crippen molar-refractivity contribution >= 4 is 12.0 Å². The van der Waals surface area contributed by atoms with E-state index in [0.717, 1.165) is 25.7 Å². The van der Waals surface area contributed by atoms with Crippen LogP contribution in [0.4, 0.5) is 4.79 Å². The Balaban J connectivity index is 1.81. The smallest absolute Gasteiger partial charge is 0.317 e. The van der Waals surface area contributed by atoms with Crippen molar-refractivity contribution in [3.8, 4) is 0 Å². The number of benzene rings is 1. The molecule has 6 heteroatoms. The molecule has 0 radical (unpaired) electrons. The van der Waals surface area contributed by atoms with Gasteiger partial charge in [0.1, 0.15) is 0 Å². The Labute approximate surface area is 156 Å². The van der Waals surface area contributed by atoms with Crippen molar-refractivity contribution in [1.82, 2.24) is 15.1 Å². The van der Waals surface area contributed by atoms with E-state index in [0.29, 0.717) is 6.54 Å². The van der Waals surface area contributed by atoms with Crippen LogP contribution in [0.5, 0.6) is 0 Å². The Kier molecular flexibility index (Phi) is 7.45. The minimum absolute atomic E-state index is 0.0440. The molecular formula is C20H31N3O3. The fraction of sp³-hybridized carbons (Fsp3) is 0.600. The number of aliphatic carboxylic acids is 1. The third-order valence-electron chi connectivity index (χ3n) is 5.36. The second kappa shape index (κ2) is 9.57. The van der Waals surface area contributed by atoms with E-state index in [9.17, 15) is 9.59 Å². The first-order valence-corrected chi connectivity index (χ1v) is 9.47. The zero-order valence-corrected chi connectivity index (χ0v) is 16.0. The quantitative estimate of drug-likeness (QED) is 0.709. The van der Waals surface area contributed by atoms with Crippen LogP contribution < -0.4 is 5.32 Å². The van der Waals surface area contributed by atoms with Crippen LogP contribution >= 0.6 is 0 Å². The van der Waals surface area contributed by atoms with Crippen molar-refractivity contribution < 1.29 is 14.7 Å². The summed E-state index contributed by atoms with van der Waals surface area (Å²) in [4.78, 5) is 27.2. The van der Waals surface area contributed by atoms with Crippen molar-refractivity contribution in [3.63, 3.8) is 0 Å². The average molecular weight is 361 g/mol. The van der Waals surface area contributed by atoms with Crippen LogP contribution in [-0.4, -0.2) is 65.2 Å². The monoisotopic (exact) mass is 361 g/mol. The Hall–Kier alpha value is -2.08. The number of hydrogen-bond acceptors (Lipinski definition) is 3. The van der Waals surface area contributed by atoms with Gasteiger partial charge in [-0.3, -0.25) is 9.69 Å². The molecule has 2 rings (SSSR count). The van der Waals surface area contributed by atoms with Gasteiger partial charge in [0, 0.05) is 25.2 Å². The highest BCUT2D eigenvalue weighted by Crippen LogP contribution is 2.26. The molecule has 1 unspecified atom stereocenters. The Morgan fingerprint density at radius 3 is 2.42 bits per heavy atom. The van der Waals surface area contributed by atoms with Gasteiger partial charge in [0.05, 0.1) is 6.54 Å². The lowest BCUT2D eigenvalue weighted by Crippen LogP contribution is -2.57. The van der Waals surface area contributed by atoms with Crippen LogP contribution in [0.1, 0.15) is 38.7 Å². The minimum atomic E-state index is -0.800. The molecule has 144 valence electrons. The number of carbonyl (C=O) groups excluding carboxylic acids is 1. The van der Waals surface area contributed by atoms with E-state index >= 15 is 0 Å². The largest absolute Gasteiger partial charge is 0.480 e. The number of likely N-dealkylation sites (N-methyl/N-ethyl adjacent to an activating group) is 2. The Morgan fingerprint density at radius 2 is 1.88 bits per heavy atom. The summed E-state index contributed by atoms with van der Waals surface area (Å²) in [7, 11) is 1.85. The molecular weight excluding hydrogens is 330 g/mol. The molecule has 1 saturated carbocycles. The molecule has 0 bridgehead atoms. The van der Waals surface area contributed by atoms with Gasteiger partial charge in [-0.2, -0.15) is 0 Å². The molecule has 1 aliphatic carbocycles. The van der Waals surface area contributed by atoms with Crippen LogP contribution in [0.2, 0.25) is 0 Å². The molecule has 6 nitrogen and oxygen atoms in total. The normalized spacial score (nSPS) is 20.3. The SMILES string of the molecule is CCC(Cc1ccccc1)N(C)C(=O)NC1CC(N(CC)CC(=O)O)C1. The van der Waals surface area contributed by atoms with Crippen molar-refractivity contribution in [2.75, 3.05) is 20.1 Å². The average Bonchev–Trinajstić information content (AvgIpc) is 2.60. The van der Waals surface area contributed by atoms with Gasteiger partial charge in [0.15, 0.2) is 0 Å². The molecule has 1 aromatic rings. The molecule has 1 fully saturated rings. The van der Waals surface area contributed by atoms with Gasteiger partial charge in [0.25, 0.3) is 0 Å². The summed E-state index contributed by atoms with van der Waals surface area (Å²) in [6.45, 7) is 4.85. The van der Waals surface area contributed by atoms with Gasteiger partial charge < -0.3 is 15.3 Å². The van der Waals surface area contributed by atoms with Gasteiger partial charge in [0.2, 0.25) is 0 Å². The van der Waals surface area contributed by atoms with E-state index in [1.54, 1.807) is 4.90 Å². The maximum Gasteiger partial charge on any atom is 0.317 e. The number of hydrogen-bond donors (Lipinski definition) is 2. The standard InChI is InChI=1S/C20H31N3O3/c1-4-17(11-15-9-7-6-8-10-15)22(3)20(26)21-16-12-18(13-16)23(5-2)14-19(24)25/h6-10,16-18H,4-5,11-14H2,1-3H3,(H,21,26)(H,24,25). The zero-order chi connectivity index (χ0) is 19.1. The summed E-state index contributed by atoms with van der Waals surface area (Å²) >= 11 is 0. The van der Waals surface area contributed by atoms with E-state index in [4.69, 9.17) is 5.11 Å². The number of rotatable bonds is 9. The van der Waals surface area contributed by atoms with Gasteiger partial charge in [-0.25, -0.2) is 4.79 Å². The maximum atomic E-state index is 12.6. The number of carboxylic acids is 1. The van der Waals surface area contributed by atoms with Crippen molar-refractivity contribution in [3.05, 3.63) is 35.9 Å². The second-order valence-corrected chi connectivity index (χ2v) is 7.09. The van der Waals surface area contributed by atoms with Crippen LogP contribution in [0.15, 0.2) is 30.3 Å². The predicted molar refractivity (Wildman–Crippen MR) is 102 cm³/mol. The first-order chi connectivity index (χ1) is 12.4. The van der Waals surface area contributed by atoms with Crippen LogP contribution in [0.25, 0.3) is 0 Å². The fourth-order valence-corrected chi connectivity index (χ4v) is 3.56. The predicted octanol–water partition coefficient (Wildman–Crippen LogP) is 2.59. The lowest BCUT2D eigenvalue weighted by Gasteiger charge is -2.43. The van der Waals surface area contributed by atoms with Gasteiger partial charge in [-0.15, -0.1) is 0 Å². The number of carboxylic acid groups (broad SMARTS) is 1. The molecule has 0 aliphatic heterocycles. The summed E-state index contributed by atoms with van der Waals surface area (Å²) in [5.74, 6) is -0.800. The highest BCUT2D eigenvalue weighted by molar-refractivity contribution is 5.74. The Bertz CT molecular complexity index is 587. The van der Waals surface area contributed by atoms with E-state index in [1.165, 1.54) is 5.56 Å². The fourth-order valence-electron chi connectivity index (χ4n) is 3.56. The molecule has 1 aliphatic rings. The molecule has 1 aromatic carbocycles. The number of carbonyl (C=O) groups is 2. The van der Waals surface area contributed by atoms with E-state index in [1.807, 2.05) is 37.1 Å². The van der Waals surface area contributed by atoms with Crippen LogP contribution in [0.3, 0.4) is 0 Å². The Morgan fingerprint density at radius 1 is 1.23 bits per heavy atom. The minimum Gasteiger partial charge on any atom is -0.480 e. The third-order valence-corrected chi connectivity index (χ3v) is 5.36. The molecule has 2 amide bonds.